The lowest BCUT2D eigenvalue weighted by Crippen LogP contribution is -2.35. The molecule has 3 N–H and O–H groups in total. The van der Waals surface area contributed by atoms with Crippen LogP contribution < -0.4 is 11.2 Å². The first kappa shape index (κ1) is 13.2. The molecule has 0 aliphatic heterocycles. The minimum atomic E-state index is -0.850. The maximum Gasteiger partial charge on any atom is 0.275 e. The van der Waals surface area contributed by atoms with Crippen LogP contribution in [-0.2, 0) is 0 Å². The number of halogens is 2. The van der Waals surface area contributed by atoms with Gasteiger partial charge in [0.05, 0.1) is 16.3 Å². The van der Waals surface area contributed by atoms with Crippen molar-refractivity contribution in [3.8, 4) is 0 Å². The Morgan fingerprint density at radius 1 is 1.47 bits per heavy atom. The Morgan fingerprint density at radius 2 is 2.06 bits per heavy atom. The van der Waals surface area contributed by atoms with Gasteiger partial charge in [-0.2, -0.15) is 5.10 Å². The number of hydrogen-bond acceptors (Lipinski definition) is 4. The molecule has 0 saturated heterocycles. The zero-order valence-electron chi connectivity index (χ0n) is 8.30. The number of hydrogen-bond donors (Lipinski definition) is 2. The van der Waals surface area contributed by atoms with Gasteiger partial charge in [0, 0.05) is 5.56 Å². The van der Waals surface area contributed by atoms with Gasteiger partial charge in [-0.25, -0.2) is 10.1 Å². The molecule has 0 amide bonds. The summed E-state index contributed by atoms with van der Waals surface area (Å²) in [6, 6.07) is 4.92. The van der Waals surface area contributed by atoms with Crippen LogP contribution in [0.15, 0.2) is 28.4 Å². The highest BCUT2D eigenvalue weighted by atomic mass is 35.5. The van der Waals surface area contributed by atoms with Gasteiger partial charge in [-0.1, -0.05) is 34.7 Å². The summed E-state index contributed by atoms with van der Waals surface area (Å²) in [6.45, 7) is 0. The Morgan fingerprint density at radius 3 is 2.59 bits per heavy atom. The summed E-state index contributed by atoms with van der Waals surface area (Å²) in [6.07, 6.45) is 1.25. The van der Waals surface area contributed by atoms with Crippen molar-refractivity contribution in [2.45, 2.75) is 0 Å². The Bertz CT molecular complexity index is 469. The molecule has 1 aromatic rings. The highest BCUT2D eigenvalue weighted by molar-refractivity contribution is 6.38. The summed E-state index contributed by atoms with van der Waals surface area (Å²) in [5, 5.41) is 16.8. The molecule has 0 spiro atoms. The smallest absolute Gasteiger partial charge is 0.275 e. The van der Waals surface area contributed by atoms with Crippen molar-refractivity contribution in [3.63, 3.8) is 0 Å². The molecule has 0 aromatic heterocycles. The number of hydrazine groups is 1. The molecule has 7 nitrogen and oxygen atoms in total. The van der Waals surface area contributed by atoms with Crippen LogP contribution in [0.25, 0.3) is 0 Å². The molecule has 0 fully saturated rings. The van der Waals surface area contributed by atoms with Gasteiger partial charge in [-0.3, -0.25) is 0 Å². The SMILES string of the molecule is NC(=NN=Cc1c(Cl)cccc1Cl)N[N+](=O)[O-]. The van der Waals surface area contributed by atoms with Crippen LogP contribution in [0.2, 0.25) is 10.0 Å². The first-order chi connectivity index (χ1) is 8.00. The lowest BCUT2D eigenvalue weighted by Gasteiger charge is -1.98. The molecule has 0 radical (unpaired) electrons. The highest BCUT2D eigenvalue weighted by Crippen LogP contribution is 2.22. The van der Waals surface area contributed by atoms with Crippen LogP contribution in [0.1, 0.15) is 5.56 Å². The summed E-state index contributed by atoms with van der Waals surface area (Å²) >= 11 is 11.7. The van der Waals surface area contributed by atoms with E-state index in [0.717, 1.165) is 0 Å². The summed E-state index contributed by atoms with van der Waals surface area (Å²) in [5.41, 5.74) is 7.21. The minimum Gasteiger partial charge on any atom is -0.364 e. The molecule has 0 unspecified atom stereocenters. The number of nitrogens with two attached hydrogens (primary N) is 1. The topological polar surface area (TPSA) is 106 Å². The number of nitro groups is 1. The van der Waals surface area contributed by atoms with Crippen molar-refractivity contribution in [2.75, 3.05) is 0 Å². The van der Waals surface area contributed by atoms with Crippen molar-refractivity contribution >= 4 is 35.4 Å². The van der Waals surface area contributed by atoms with Gasteiger partial charge < -0.3 is 5.73 Å². The third-order valence-electron chi connectivity index (χ3n) is 1.56. The van der Waals surface area contributed by atoms with Crippen LogP contribution in [0.5, 0.6) is 0 Å². The fraction of sp³-hybridized carbons (Fsp3) is 0. The average molecular weight is 276 g/mol. The standard InChI is InChI=1S/C8H7Cl2N5O2/c9-6-2-1-3-7(10)5(6)4-12-13-8(11)14-15(16)17/h1-4H,(H3,11,13,14). The van der Waals surface area contributed by atoms with Gasteiger partial charge in [0.1, 0.15) is 0 Å². The lowest BCUT2D eigenvalue weighted by atomic mass is 10.2. The van der Waals surface area contributed by atoms with Gasteiger partial charge in [0.2, 0.25) is 0 Å². The van der Waals surface area contributed by atoms with E-state index in [0.29, 0.717) is 15.6 Å². The monoisotopic (exact) mass is 275 g/mol. The highest BCUT2D eigenvalue weighted by Gasteiger charge is 2.02. The molecule has 0 heterocycles. The van der Waals surface area contributed by atoms with E-state index in [2.05, 4.69) is 10.2 Å². The van der Waals surface area contributed by atoms with E-state index in [-0.39, 0.29) is 0 Å². The number of rotatable bonds is 3. The van der Waals surface area contributed by atoms with Crippen molar-refractivity contribution < 1.29 is 5.03 Å². The Labute approximate surface area is 106 Å². The first-order valence-electron chi connectivity index (χ1n) is 4.22. The second-order valence-electron chi connectivity index (χ2n) is 2.73. The summed E-state index contributed by atoms with van der Waals surface area (Å²) in [4.78, 5) is 9.99. The molecular formula is C8H7Cl2N5O2. The number of benzene rings is 1. The fourth-order valence-electron chi connectivity index (χ4n) is 0.899. The minimum absolute atomic E-state index is 0.386. The quantitative estimate of drug-likeness (QED) is 0.377. The van der Waals surface area contributed by atoms with E-state index < -0.39 is 11.0 Å². The van der Waals surface area contributed by atoms with Crippen LogP contribution in [0.4, 0.5) is 0 Å². The van der Waals surface area contributed by atoms with E-state index in [4.69, 9.17) is 28.9 Å². The molecule has 1 rings (SSSR count). The van der Waals surface area contributed by atoms with Gasteiger partial charge in [0.25, 0.3) is 5.96 Å². The van der Waals surface area contributed by atoms with Gasteiger partial charge in [0.15, 0.2) is 5.03 Å². The third-order valence-corrected chi connectivity index (χ3v) is 2.22. The maximum absolute atomic E-state index is 9.99. The largest absolute Gasteiger partial charge is 0.364 e. The van der Waals surface area contributed by atoms with Crippen molar-refractivity contribution in [1.29, 1.82) is 0 Å². The molecule has 90 valence electrons. The normalized spacial score (nSPS) is 11.8. The lowest BCUT2D eigenvalue weighted by molar-refractivity contribution is -0.525. The molecule has 0 atom stereocenters. The maximum atomic E-state index is 9.99. The molecule has 9 heteroatoms. The first-order valence-corrected chi connectivity index (χ1v) is 4.98. The average Bonchev–Trinajstić information content (AvgIpc) is 2.21. The Balaban J connectivity index is 2.81. The van der Waals surface area contributed by atoms with E-state index in [1.165, 1.54) is 6.21 Å². The van der Waals surface area contributed by atoms with Gasteiger partial charge in [-0.05, 0) is 12.1 Å². The molecular weight excluding hydrogens is 269 g/mol. The van der Waals surface area contributed by atoms with E-state index in [1.807, 2.05) is 0 Å². The summed E-state index contributed by atoms with van der Waals surface area (Å²) in [5.74, 6) is -0.450. The van der Waals surface area contributed by atoms with Crippen LogP contribution in [0, 0.1) is 10.1 Å². The van der Waals surface area contributed by atoms with Crippen molar-refractivity contribution in [1.82, 2.24) is 5.43 Å². The third kappa shape index (κ3) is 4.25. The van der Waals surface area contributed by atoms with Crippen LogP contribution >= 0.6 is 23.2 Å². The number of nitrogens with zero attached hydrogens (tertiary/aromatic N) is 3. The van der Waals surface area contributed by atoms with E-state index in [1.54, 1.807) is 23.6 Å². The van der Waals surface area contributed by atoms with Gasteiger partial charge in [-0.15, -0.1) is 5.10 Å². The summed E-state index contributed by atoms with van der Waals surface area (Å²) < 4.78 is 0. The van der Waals surface area contributed by atoms with E-state index >= 15 is 0 Å². The Kier molecular flexibility index (Phi) is 4.68. The summed E-state index contributed by atoms with van der Waals surface area (Å²) in [7, 11) is 0. The van der Waals surface area contributed by atoms with Gasteiger partial charge >= 0.3 is 0 Å². The van der Waals surface area contributed by atoms with Crippen molar-refractivity contribution in [3.05, 3.63) is 43.9 Å². The molecule has 0 aliphatic carbocycles. The molecule has 0 bridgehead atoms. The van der Waals surface area contributed by atoms with Crippen LogP contribution in [0.3, 0.4) is 0 Å². The number of nitrogens with one attached hydrogen (secondary N) is 1. The molecule has 17 heavy (non-hydrogen) atoms. The van der Waals surface area contributed by atoms with E-state index in [9.17, 15) is 10.1 Å². The second kappa shape index (κ2) is 6.02. The molecule has 0 saturated carbocycles. The number of guanidine groups is 1. The van der Waals surface area contributed by atoms with Crippen molar-refractivity contribution in [2.24, 2.45) is 15.9 Å². The fourth-order valence-corrected chi connectivity index (χ4v) is 1.39. The second-order valence-corrected chi connectivity index (χ2v) is 3.55. The zero-order chi connectivity index (χ0) is 12.8. The predicted molar refractivity (Wildman–Crippen MR) is 65.8 cm³/mol. The molecule has 1 aromatic carbocycles. The molecule has 0 aliphatic rings. The zero-order valence-corrected chi connectivity index (χ0v) is 9.81. The van der Waals surface area contributed by atoms with Crippen LogP contribution in [-0.4, -0.2) is 17.2 Å². The predicted octanol–water partition coefficient (Wildman–Crippen LogP) is 1.42. The Hall–Kier alpha value is -1.86.